The van der Waals surface area contributed by atoms with Crippen LogP contribution < -0.4 is 5.32 Å². The fraction of sp³-hybridized carbons (Fsp3) is 0.400. The second-order valence-electron chi connectivity index (χ2n) is 11.3. The number of rotatable bonds is 11. The second-order valence-corrected chi connectivity index (χ2v) is 20.1. The first-order chi connectivity index (χ1) is 19.2. The van der Waals surface area contributed by atoms with Crippen LogP contribution in [-0.2, 0) is 20.7 Å². The molecule has 0 fully saturated rings. The maximum atomic E-state index is 13.5. The minimum absolute atomic E-state index is 0.102. The van der Waals surface area contributed by atoms with Crippen molar-refractivity contribution < 1.29 is 17.4 Å². The van der Waals surface area contributed by atoms with Crippen molar-refractivity contribution in [2.45, 2.75) is 64.6 Å². The van der Waals surface area contributed by atoms with E-state index in [9.17, 15) is 13.2 Å². The first kappa shape index (κ1) is 31.4. The number of carbonyl (C=O) groups is 1. The van der Waals surface area contributed by atoms with E-state index in [1.165, 1.54) is 16.9 Å². The predicted molar refractivity (Wildman–Crippen MR) is 173 cm³/mol. The Morgan fingerprint density at radius 2 is 1.66 bits per heavy atom. The van der Waals surface area contributed by atoms with E-state index >= 15 is 0 Å². The standard InChI is InChI=1S/C30H38ClN3O4S2Si/c1-19(2)41(20(3)4,21(5)6)34-16-14-23-18-25(12-13-27(23)34)32-29(35)28-26(15-17-38-40(7,36)37)33-30(39-28)22-8-10-24(31)11-9-22/h8-14,16,18-21H,15,17H2,1-7H3,(H,32,35). The highest BCUT2D eigenvalue weighted by atomic mass is 35.5. The highest BCUT2D eigenvalue weighted by Gasteiger charge is 2.45. The summed E-state index contributed by atoms with van der Waals surface area (Å²) in [5.74, 6) is -0.300. The number of halogens is 1. The quantitative estimate of drug-likeness (QED) is 0.133. The molecule has 41 heavy (non-hydrogen) atoms. The van der Waals surface area contributed by atoms with Gasteiger partial charge in [0.25, 0.3) is 16.0 Å². The zero-order valence-corrected chi connectivity index (χ0v) is 28.0. The number of carbonyl (C=O) groups excluding carboxylic acids is 1. The maximum Gasteiger partial charge on any atom is 0.267 e. The van der Waals surface area contributed by atoms with Gasteiger partial charge in [0.1, 0.15) is 9.88 Å². The molecule has 7 nitrogen and oxygen atoms in total. The summed E-state index contributed by atoms with van der Waals surface area (Å²) in [6.45, 7) is 14.0. The lowest BCUT2D eigenvalue weighted by Crippen LogP contribution is -2.51. The van der Waals surface area contributed by atoms with Crippen molar-refractivity contribution in [1.29, 1.82) is 0 Å². The molecule has 1 amide bonds. The van der Waals surface area contributed by atoms with Crippen LogP contribution in [0.2, 0.25) is 21.6 Å². The van der Waals surface area contributed by atoms with Crippen LogP contribution in [0.4, 0.5) is 5.69 Å². The van der Waals surface area contributed by atoms with Crippen molar-refractivity contribution in [3.8, 4) is 10.6 Å². The zero-order valence-electron chi connectivity index (χ0n) is 24.6. The molecular weight excluding hydrogens is 594 g/mol. The van der Waals surface area contributed by atoms with Gasteiger partial charge in [0.15, 0.2) is 8.24 Å². The van der Waals surface area contributed by atoms with E-state index < -0.39 is 18.4 Å². The van der Waals surface area contributed by atoms with Crippen molar-refractivity contribution >= 4 is 63.8 Å². The number of thiazole rings is 1. The molecule has 1 N–H and O–H groups in total. The number of nitrogens with one attached hydrogen (secondary N) is 1. The van der Waals surface area contributed by atoms with Crippen LogP contribution in [0.5, 0.6) is 0 Å². The summed E-state index contributed by atoms with van der Waals surface area (Å²) in [5.41, 5.74) is 4.85. The lowest BCUT2D eigenvalue weighted by molar-refractivity contribution is 0.102. The van der Waals surface area contributed by atoms with Crippen molar-refractivity contribution in [1.82, 2.24) is 9.22 Å². The molecule has 11 heteroatoms. The molecule has 2 aromatic heterocycles. The normalized spacial score (nSPS) is 12.7. The molecule has 0 saturated heterocycles. The van der Waals surface area contributed by atoms with Crippen LogP contribution in [0.3, 0.4) is 0 Å². The molecule has 0 aliphatic heterocycles. The van der Waals surface area contributed by atoms with E-state index in [0.717, 1.165) is 17.2 Å². The third kappa shape index (κ3) is 6.62. The summed E-state index contributed by atoms with van der Waals surface area (Å²) in [6, 6.07) is 15.4. The molecule has 4 aromatic rings. The predicted octanol–water partition coefficient (Wildman–Crippen LogP) is 8.21. The van der Waals surface area contributed by atoms with E-state index in [1.807, 2.05) is 24.3 Å². The highest BCUT2D eigenvalue weighted by Crippen LogP contribution is 2.44. The molecule has 2 aromatic carbocycles. The molecule has 0 aliphatic carbocycles. The number of benzene rings is 2. The Hall–Kier alpha value is -2.50. The Morgan fingerprint density at radius 3 is 2.24 bits per heavy atom. The number of hydrogen-bond acceptors (Lipinski definition) is 6. The maximum absolute atomic E-state index is 13.5. The van der Waals surface area contributed by atoms with Gasteiger partial charge >= 0.3 is 0 Å². The third-order valence-electron chi connectivity index (χ3n) is 7.77. The summed E-state index contributed by atoms with van der Waals surface area (Å²) in [7, 11) is -5.54. The topological polar surface area (TPSA) is 90.3 Å². The molecular formula is C30H38ClN3O4S2Si. The van der Waals surface area contributed by atoms with Crippen LogP contribution in [0.15, 0.2) is 54.7 Å². The number of nitrogens with zero attached hydrogens (tertiary/aromatic N) is 2. The molecule has 220 valence electrons. The van der Waals surface area contributed by atoms with Crippen LogP contribution in [0, 0.1) is 0 Å². The number of aromatic nitrogens is 2. The van der Waals surface area contributed by atoms with E-state index in [-0.39, 0.29) is 18.9 Å². The minimum atomic E-state index is -3.61. The SMILES string of the molecule is CC(C)[Si](C(C)C)(C(C)C)n1ccc2cc(NC(=O)c3sc(-c4ccc(Cl)cc4)nc3CCOS(C)(=O)=O)ccc21. The summed E-state index contributed by atoms with van der Waals surface area (Å²) in [4.78, 5) is 18.6. The number of anilines is 1. The second kappa shape index (κ2) is 12.4. The van der Waals surface area contributed by atoms with Crippen LogP contribution in [0.25, 0.3) is 21.5 Å². The summed E-state index contributed by atoms with van der Waals surface area (Å²) >= 11 is 7.30. The van der Waals surface area contributed by atoms with Crippen molar-refractivity contribution in [2.75, 3.05) is 18.2 Å². The van der Waals surface area contributed by atoms with Crippen molar-refractivity contribution in [2.24, 2.45) is 0 Å². The highest BCUT2D eigenvalue weighted by molar-refractivity contribution is 7.85. The van der Waals surface area contributed by atoms with E-state index in [0.29, 0.717) is 42.9 Å². The summed E-state index contributed by atoms with van der Waals surface area (Å²) in [6.07, 6.45) is 3.40. The number of hydrogen-bond donors (Lipinski definition) is 1. The van der Waals surface area contributed by atoms with Gasteiger partial charge in [0.05, 0.1) is 18.6 Å². The van der Waals surface area contributed by atoms with Crippen LogP contribution in [-0.4, -0.2) is 44.6 Å². The fourth-order valence-corrected chi connectivity index (χ4v) is 14.4. The van der Waals surface area contributed by atoms with Gasteiger partial charge < -0.3 is 9.55 Å². The number of fused-ring (bicyclic) bond motifs is 1. The molecule has 0 radical (unpaired) electrons. The third-order valence-corrected chi connectivity index (χ3v) is 16.5. The average Bonchev–Trinajstić information content (AvgIpc) is 3.48. The molecule has 0 atom stereocenters. The molecule has 0 unspecified atom stereocenters. The van der Waals surface area contributed by atoms with E-state index in [1.54, 1.807) is 12.1 Å². The molecule has 0 spiro atoms. The van der Waals surface area contributed by atoms with Gasteiger partial charge in [-0.25, -0.2) is 4.98 Å². The van der Waals surface area contributed by atoms with Crippen molar-refractivity contribution in [3.05, 3.63) is 70.3 Å². The van der Waals surface area contributed by atoms with Crippen molar-refractivity contribution in [3.63, 3.8) is 0 Å². The zero-order chi connectivity index (χ0) is 30.1. The van der Waals surface area contributed by atoms with Gasteiger partial charge in [-0.15, -0.1) is 11.3 Å². The Morgan fingerprint density at radius 1 is 1.02 bits per heavy atom. The summed E-state index contributed by atoms with van der Waals surface area (Å²) < 4.78 is 30.5. The molecule has 0 bridgehead atoms. The van der Waals surface area contributed by atoms with E-state index in [4.69, 9.17) is 15.8 Å². The Kier molecular flexibility index (Phi) is 9.50. The van der Waals surface area contributed by atoms with Gasteiger partial charge in [0, 0.05) is 33.6 Å². The molecule has 0 aliphatic rings. The van der Waals surface area contributed by atoms with Gasteiger partial charge in [-0.1, -0.05) is 65.3 Å². The lowest BCUT2D eigenvalue weighted by atomic mass is 10.2. The van der Waals surface area contributed by atoms with Gasteiger partial charge in [0.2, 0.25) is 0 Å². The Labute approximate surface area is 253 Å². The largest absolute Gasteiger partial charge is 0.373 e. The van der Waals surface area contributed by atoms with Crippen LogP contribution >= 0.6 is 22.9 Å². The fourth-order valence-electron chi connectivity index (χ4n) is 6.28. The minimum Gasteiger partial charge on any atom is -0.373 e. The summed E-state index contributed by atoms with van der Waals surface area (Å²) in [5, 5.41) is 5.37. The molecule has 0 saturated carbocycles. The first-order valence-corrected chi connectivity index (χ1v) is 19.0. The Bertz CT molecular complexity index is 1620. The number of amides is 1. The van der Waals surface area contributed by atoms with Gasteiger partial charge in [-0.3, -0.25) is 8.98 Å². The first-order valence-electron chi connectivity index (χ1n) is 13.8. The smallest absolute Gasteiger partial charge is 0.267 e. The monoisotopic (exact) mass is 631 g/mol. The van der Waals surface area contributed by atoms with Crippen LogP contribution in [0.1, 0.15) is 56.9 Å². The molecule has 4 rings (SSSR count). The molecule has 2 heterocycles. The van der Waals surface area contributed by atoms with Gasteiger partial charge in [-0.2, -0.15) is 8.42 Å². The van der Waals surface area contributed by atoms with Gasteiger partial charge in [-0.05, 0) is 59.2 Å². The Balaban J connectivity index is 1.66. The van der Waals surface area contributed by atoms with E-state index in [2.05, 4.69) is 74.4 Å². The average molecular weight is 632 g/mol. The lowest BCUT2D eigenvalue weighted by Gasteiger charge is -2.44.